The zero-order valence-corrected chi connectivity index (χ0v) is 14.7. The van der Waals surface area contributed by atoms with Gasteiger partial charge in [-0.1, -0.05) is 55.8 Å². The minimum absolute atomic E-state index is 0.300. The maximum Gasteiger partial charge on any atom is 0.313 e. The molecule has 26 heavy (non-hydrogen) atoms. The van der Waals surface area contributed by atoms with Gasteiger partial charge in [-0.15, -0.1) is 0 Å². The third kappa shape index (κ3) is 5.73. The number of benzene rings is 2. The quantitative estimate of drug-likeness (QED) is 0.528. The molecule has 0 aliphatic carbocycles. The van der Waals surface area contributed by atoms with Gasteiger partial charge in [0.2, 0.25) is 0 Å². The molecule has 0 bridgehead atoms. The predicted molar refractivity (Wildman–Crippen MR) is 101 cm³/mol. The van der Waals surface area contributed by atoms with E-state index in [-0.39, 0.29) is 5.91 Å². The van der Waals surface area contributed by atoms with Gasteiger partial charge in [-0.05, 0) is 24.1 Å². The number of nitrogens with one attached hydrogen (secondary N) is 3. The molecule has 6 heteroatoms. The number of rotatable bonds is 7. The standard InChI is InChI=1S/C20H23N3O3/c1-2-3-13-21-19(25)20(26)23-17-12-8-7-11-16(17)18(24)22-14-15-9-5-4-6-10-15/h4-12H,2-3,13-14H2,1H3,(H,21,25)(H,22,24)(H,23,26). The summed E-state index contributed by atoms with van der Waals surface area (Å²) in [5.41, 5.74) is 1.57. The van der Waals surface area contributed by atoms with E-state index in [2.05, 4.69) is 16.0 Å². The van der Waals surface area contributed by atoms with Gasteiger partial charge < -0.3 is 16.0 Å². The molecule has 0 radical (unpaired) electrons. The van der Waals surface area contributed by atoms with E-state index in [9.17, 15) is 14.4 Å². The van der Waals surface area contributed by atoms with E-state index in [0.29, 0.717) is 24.3 Å². The summed E-state index contributed by atoms with van der Waals surface area (Å²) in [7, 11) is 0. The topological polar surface area (TPSA) is 87.3 Å². The summed E-state index contributed by atoms with van der Waals surface area (Å²) in [6.07, 6.45) is 1.73. The highest BCUT2D eigenvalue weighted by Gasteiger charge is 2.17. The number of carbonyl (C=O) groups is 3. The van der Waals surface area contributed by atoms with E-state index in [1.54, 1.807) is 24.3 Å². The van der Waals surface area contributed by atoms with Crippen molar-refractivity contribution < 1.29 is 14.4 Å². The molecule has 0 saturated carbocycles. The molecular weight excluding hydrogens is 330 g/mol. The van der Waals surface area contributed by atoms with Crippen molar-refractivity contribution in [3.8, 4) is 0 Å². The Morgan fingerprint density at radius 1 is 0.846 bits per heavy atom. The average molecular weight is 353 g/mol. The number of hydrogen-bond acceptors (Lipinski definition) is 3. The molecule has 2 aromatic carbocycles. The lowest BCUT2D eigenvalue weighted by Gasteiger charge is -2.11. The highest BCUT2D eigenvalue weighted by Crippen LogP contribution is 2.15. The Kier molecular flexibility index (Phi) is 7.36. The summed E-state index contributed by atoms with van der Waals surface area (Å²) in [6, 6.07) is 16.1. The SMILES string of the molecule is CCCCNC(=O)C(=O)Nc1ccccc1C(=O)NCc1ccccc1. The van der Waals surface area contributed by atoms with Crippen molar-refractivity contribution >= 4 is 23.4 Å². The average Bonchev–Trinajstić information content (AvgIpc) is 2.67. The first-order valence-electron chi connectivity index (χ1n) is 8.62. The first-order chi connectivity index (χ1) is 12.6. The van der Waals surface area contributed by atoms with Gasteiger partial charge in [0.05, 0.1) is 11.3 Å². The summed E-state index contributed by atoms with van der Waals surface area (Å²) in [6.45, 7) is 2.82. The van der Waals surface area contributed by atoms with Crippen LogP contribution in [0.1, 0.15) is 35.7 Å². The Hall–Kier alpha value is -3.15. The maximum atomic E-state index is 12.4. The van der Waals surface area contributed by atoms with Gasteiger partial charge in [0, 0.05) is 13.1 Å². The van der Waals surface area contributed by atoms with Gasteiger partial charge >= 0.3 is 11.8 Å². The molecule has 6 nitrogen and oxygen atoms in total. The van der Waals surface area contributed by atoms with Crippen LogP contribution in [-0.2, 0) is 16.1 Å². The van der Waals surface area contributed by atoms with Crippen LogP contribution in [0.2, 0.25) is 0 Å². The van der Waals surface area contributed by atoms with E-state index in [0.717, 1.165) is 18.4 Å². The molecule has 0 atom stereocenters. The second-order valence-electron chi connectivity index (χ2n) is 5.78. The molecule has 0 aromatic heterocycles. The van der Waals surface area contributed by atoms with E-state index < -0.39 is 11.8 Å². The molecule has 0 spiro atoms. The Balaban J connectivity index is 1.99. The second-order valence-corrected chi connectivity index (χ2v) is 5.78. The molecule has 0 saturated heterocycles. The maximum absolute atomic E-state index is 12.4. The predicted octanol–water partition coefficient (Wildman–Crippen LogP) is 2.47. The molecule has 2 aromatic rings. The third-order valence-electron chi connectivity index (χ3n) is 3.74. The number of anilines is 1. The molecule has 3 N–H and O–H groups in total. The largest absolute Gasteiger partial charge is 0.348 e. The smallest absolute Gasteiger partial charge is 0.313 e. The molecule has 3 amide bonds. The van der Waals surface area contributed by atoms with Gasteiger partial charge in [-0.2, -0.15) is 0 Å². The normalized spacial score (nSPS) is 10.0. The first kappa shape index (κ1) is 19.2. The van der Waals surface area contributed by atoms with Crippen molar-refractivity contribution in [2.45, 2.75) is 26.3 Å². The van der Waals surface area contributed by atoms with Crippen LogP contribution in [0.4, 0.5) is 5.69 Å². The van der Waals surface area contributed by atoms with Gasteiger partial charge in [0.25, 0.3) is 5.91 Å². The van der Waals surface area contributed by atoms with Crippen molar-refractivity contribution in [3.05, 3.63) is 65.7 Å². The Bertz CT molecular complexity index is 760. The molecular formula is C20H23N3O3. The van der Waals surface area contributed by atoms with Gasteiger partial charge in [-0.25, -0.2) is 0 Å². The van der Waals surface area contributed by atoms with Crippen molar-refractivity contribution in [1.29, 1.82) is 0 Å². The van der Waals surface area contributed by atoms with Crippen LogP contribution in [0, 0.1) is 0 Å². The highest BCUT2D eigenvalue weighted by atomic mass is 16.2. The lowest BCUT2D eigenvalue weighted by Crippen LogP contribution is -2.36. The summed E-state index contributed by atoms with van der Waals surface area (Å²) >= 11 is 0. The van der Waals surface area contributed by atoms with Crippen molar-refractivity contribution in [1.82, 2.24) is 10.6 Å². The molecule has 0 heterocycles. The van der Waals surface area contributed by atoms with E-state index in [1.807, 2.05) is 37.3 Å². The molecule has 0 aliphatic rings. The minimum atomic E-state index is -0.788. The molecule has 136 valence electrons. The molecule has 0 unspecified atom stereocenters. The van der Waals surface area contributed by atoms with Crippen LogP contribution >= 0.6 is 0 Å². The Morgan fingerprint density at radius 3 is 2.27 bits per heavy atom. The van der Waals surface area contributed by atoms with Gasteiger partial charge in [0.15, 0.2) is 0 Å². The summed E-state index contributed by atoms with van der Waals surface area (Å²) in [5.74, 6) is -1.82. The number of para-hydroxylation sites is 1. The molecule has 2 rings (SSSR count). The van der Waals surface area contributed by atoms with Crippen molar-refractivity contribution in [3.63, 3.8) is 0 Å². The first-order valence-corrected chi connectivity index (χ1v) is 8.62. The monoisotopic (exact) mass is 353 g/mol. The zero-order valence-electron chi connectivity index (χ0n) is 14.7. The van der Waals surface area contributed by atoms with E-state index in [1.165, 1.54) is 0 Å². The Morgan fingerprint density at radius 2 is 1.54 bits per heavy atom. The fourth-order valence-corrected chi connectivity index (χ4v) is 2.30. The lowest BCUT2D eigenvalue weighted by molar-refractivity contribution is -0.136. The minimum Gasteiger partial charge on any atom is -0.348 e. The van der Waals surface area contributed by atoms with Gasteiger partial charge in [0.1, 0.15) is 0 Å². The summed E-state index contributed by atoms with van der Waals surface area (Å²) in [4.78, 5) is 36.2. The number of amides is 3. The lowest BCUT2D eigenvalue weighted by atomic mass is 10.1. The summed E-state index contributed by atoms with van der Waals surface area (Å²) in [5, 5.41) is 7.86. The fraction of sp³-hybridized carbons (Fsp3) is 0.250. The number of hydrogen-bond donors (Lipinski definition) is 3. The second kappa shape index (κ2) is 9.98. The molecule has 0 aliphatic heterocycles. The van der Waals surface area contributed by atoms with E-state index in [4.69, 9.17) is 0 Å². The van der Waals surface area contributed by atoms with Crippen LogP contribution in [-0.4, -0.2) is 24.3 Å². The number of carbonyl (C=O) groups excluding carboxylic acids is 3. The Labute approximate surface area is 153 Å². The van der Waals surface area contributed by atoms with Crippen molar-refractivity contribution in [2.24, 2.45) is 0 Å². The zero-order chi connectivity index (χ0) is 18.8. The van der Waals surface area contributed by atoms with Crippen molar-refractivity contribution in [2.75, 3.05) is 11.9 Å². The van der Waals surface area contributed by atoms with Gasteiger partial charge in [-0.3, -0.25) is 14.4 Å². The summed E-state index contributed by atoms with van der Waals surface area (Å²) < 4.78 is 0. The third-order valence-corrected chi connectivity index (χ3v) is 3.74. The van der Waals surface area contributed by atoms with Crippen LogP contribution < -0.4 is 16.0 Å². The van der Waals surface area contributed by atoms with Crippen LogP contribution in [0.3, 0.4) is 0 Å². The van der Waals surface area contributed by atoms with E-state index >= 15 is 0 Å². The van der Waals surface area contributed by atoms with Crippen LogP contribution in [0.15, 0.2) is 54.6 Å². The highest BCUT2D eigenvalue weighted by molar-refractivity contribution is 6.40. The number of unbranched alkanes of at least 4 members (excludes halogenated alkanes) is 1. The fourth-order valence-electron chi connectivity index (χ4n) is 2.30. The van der Waals surface area contributed by atoms with Crippen LogP contribution in [0.25, 0.3) is 0 Å². The molecule has 0 fully saturated rings. The van der Waals surface area contributed by atoms with Crippen LogP contribution in [0.5, 0.6) is 0 Å².